The van der Waals surface area contributed by atoms with Crippen molar-refractivity contribution in [3.63, 3.8) is 0 Å². The molecule has 0 fully saturated rings. The predicted octanol–water partition coefficient (Wildman–Crippen LogP) is 2.87. The molecule has 1 N–H and O–H groups in total. The molecule has 84 valence electrons. The molecule has 0 radical (unpaired) electrons. The van der Waals surface area contributed by atoms with E-state index in [1.807, 2.05) is 39.1 Å². The molecule has 1 heterocycles. The van der Waals surface area contributed by atoms with Crippen molar-refractivity contribution < 1.29 is 0 Å². The van der Waals surface area contributed by atoms with Crippen LogP contribution >= 0.6 is 11.6 Å². The molecule has 16 heavy (non-hydrogen) atoms. The molecule has 0 aliphatic heterocycles. The predicted molar refractivity (Wildman–Crippen MR) is 66.8 cm³/mol. The zero-order chi connectivity index (χ0) is 11.7. The quantitative estimate of drug-likeness (QED) is 0.814. The van der Waals surface area contributed by atoms with Crippen molar-refractivity contribution in [2.24, 2.45) is 0 Å². The number of hydrogen-bond acceptors (Lipinski definition) is 3. The Labute approximate surface area is 99.9 Å². The van der Waals surface area contributed by atoms with Crippen molar-refractivity contribution in [3.05, 3.63) is 34.7 Å². The number of fused-ring (bicyclic) bond motifs is 1. The van der Waals surface area contributed by atoms with Crippen LogP contribution < -0.4 is 5.32 Å². The zero-order valence-corrected chi connectivity index (χ0v) is 10.3. The van der Waals surface area contributed by atoms with E-state index >= 15 is 0 Å². The highest BCUT2D eigenvalue weighted by Crippen LogP contribution is 2.23. The van der Waals surface area contributed by atoms with E-state index in [2.05, 4.69) is 15.3 Å². The fourth-order valence-electron chi connectivity index (χ4n) is 1.54. The molecule has 0 spiro atoms. The summed E-state index contributed by atoms with van der Waals surface area (Å²) in [6.07, 6.45) is 0. The van der Waals surface area contributed by atoms with Gasteiger partial charge in [-0.25, -0.2) is 9.97 Å². The molecule has 1 atom stereocenters. The second-order valence-electron chi connectivity index (χ2n) is 3.90. The fraction of sp³-hybridized carbons (Fsp3) is 0.333. The molecule has 3 nitrogen and oxygen atoms in total. The fourth-order valence-corrected chi connectivity index (χ4v) is 1.79. The van der Waals surface area contributed by atoms with Crippen molar-refractivity contribution in [2.45, 2.75) is 19.9 Å². The summed E-state index contributed by atoms with van der Waals surface area (Å²) < 4.78 is 0. The van der Waals surface area contributed by atoms with E-state index in [0.717, 1.165) is 16.7 Å². The number of rotatable bonds is 2. The largest absolute Gasteiger partial charge is 0.311 e. The van der Waals surface area contributed by atoms with Gasteiger partial charge in [0.05, 0.1) is 11.6 Å². The summed E-state index contributed by atoms with van der Waals surface area (Å²) in [4.78, 5) is 8.80. The van der Waals surface area contributed by atoms with Crippen LogP contribution in [0.5, 0.6) is 0 Å². The first-order valence-electron chi connectivity index (χ1n) is 5.23. The van der Waals surface area contributed by atoms with E-state index in [9.17, 15) is 0 Å². The molecule has 4 heteroatoms. The lowest BCUT2D eigenvalue weighted by Crippen LogP contribution is -2.15. The van der Waals surface area contributed by atoms with Gasteiger partial charge in [-0.1, -0.05) is 17.7 Å². The van der Waals surface area contributed by atoms with Crippen LogP contribution in [-0.2, 0) is 0 Å². The van der Waals surface area contributed by atoms with Gasteiger partial charge in [0, 0.05) is 5.39 Å². The van der Waals surface area contributed by atoms with Crippen LogP contribution in [-0.4, -0.2) is 17.0 Å². The van der Waals surface area contributed by atoms with Crippen molar-refractivity contribution in [3.8, 4) is 0 Å². The van der Waals surface area contributed by atoms with Gasteiger partial charge in [-0.3, -0.25) is 0 Å². The lowest BCUT2D eigenvalue weighted by molar-refractivity contribution is 0.613. The highest BCUT2D eigenvalue weighted by molar-refractivity contribution is 6.34. The Bertz CT molecular complexity index is 525. The Balaban J connectivity index is 2.65. The Morgan fingerprint density at radius 1 is 1.31 bits per heavy atom. The van der Waals surface area contributed by atoms with Gasteiger partial charge in [-0.05, 0) is 38.6 Å². The van der Waals surface area contributed by atoms with E-state index in [4.69, 9.17) is 11.6 Å². The normalized spacial score (nSPS) is 13.0. The molecule has 0 saturated heterocycles. The number of benzene rings is 1. The third-order valence-electron chi connectivity index (χ3n) is 2.64. The third-order valence-corrected chi connectivity index (χ3v) is 2.93. The van der Waals surface area contributed by atoms with Crippen LogP contribution in [0.4, 0.5) is 0 Å². The average Bonchev–Trinajstić information content (AvgIpc) is 2.27. The highest BCUT2D eigenvalue weighted by Gasteiger charge is 2.10. The lowest BCUT2D eigenvalue weighted by atomic mass is 10.2. The molecule has 1 aromatic heterocycles. The summed E-state index contributed by atoms with van der Waals surface area (Å²) in [6, 6.07) is 6.09. The van der Waals surface area contributed by atoms with Gasteiger partial charge < -0.3 is 5.32 Å². The Morgan fingerprint density at radius 3 is 2.75 bits per heavy atom. The van der Waals surface area contributed by atoms with Crippen LogP contribution in [0.3, 0.4) is 0 Å². The number of hydrogen-bond donors (Lipinski definition) is 1. The van der Waals surface area contributed by atoms with Gasteiger partial charge in [0.1, 0.15) is 11.0 Å². The molecule has 2 aromatic rings. The lowest BCUT2D eigenvalue weighted by Gasteiger charge is -2.10. The minimum Gasteiger partial charge on any atom is -0.311 e. The third kappa shape index (κ3) is 2.01. The van der Waals surface area contributed by atoms with Gasteiger partial charge in [0.25, 0.3) is 0 Å². The first kappa shape index (κ1) is 11.3. The van der Waals surface area contributed by atoms with Crippen LogP contribution in [0.15, 0.2) is 18.2 Å². The number of aromatic nitrogens is 2. The molecular weight excluding hydrogens is 222 g/mol. The van der Waals surface area contributed by atoms with Gasteiger partial charge in [-0.15, -0.1) is 0 Å². The summed E-state index contributed by atoms with van der Waals surface area (Å²) in [6.45, 7) is 4.05. The van der Waals surface area contributed by atoms with E-state index in [1.54, 1.807) is 0 Å². The summed E-state index contributed by atoms with van der Waals surface area (Å²) >= 11 is 6.14. The molecule has 1 unspecified atom stereocenters. The SMILES string of the molecule is CNC(C)c1nc(Cl)c2ccc(C)cc2n1. The minimum absolute atomic E-state index is 0.0995. The first-order valence-corrected chi connectivity index (χ1v) is 5.60. The van der Waals surface area contributed by atoms with Gasteiger partial charge in [-0.2, -0.15) is 0 Å². The number of aryl methyl sites for hydroxylation is 1. The standard InChI is InChI=1S/C12H14ClN3/c1-7-4-5-9-10(6-7)15-12(8(2)14-3)16-11(9)13/h4-6,8,14H,1-3H3. The molecule has 0 amide bonds. The topological polar surface area (TPSA) is 37.8 Å². The summed E-state index contributed by atoms with van der Waals surface area (Å²) in [5.41, 5.74) is 2.07. The molecule has 0 aliphatic carbocycles. The van der Waals surface area contributed by atoms with Crippen molar-refractivity contribution in [2.75, 3.05) is 7.05 Å². The van der Waals surface area contributed by atoms with E-state index < -0.39 is 0 Å². The highest BCUT2D eigenvalue weighted by atomic mass is 35.5. The summed E-state index contributed by atoms with van der Waals surface area (Å²) in [5, 5.41) is 4.52. The number of nitrogens with zero attached hydrogens (tertiary/aromatic N) is 2. The maximum absolute atomic E-state index is 6.14. The van der Waals surface area contributed by atoms with Crippen LogP contribution in [0, 0.1) is 6.92 Å². The molecular formula is C12H14ClN3. The Kier molecular flexibility index (Phi) is 3.08. The van der Waals surface area contributed by atoms with Crippen LogP contribution in [0.1, 0.15) is 24.4 Å². The summed E-state index contributed by atoms with van der Waals surface area (Å²) in [7, 11) is 1.88. The second kappa shape index (κ2) is 4.36. The smallest absolute Gasteiger partial charge is 0.147 e. The molecule has 0 aliphatic rings. The monoisotopic (exact) mass is 235 g/mol. The zero-order valence-electron chi connectivity index (χ0n) is 9.58. The maximum atomic E-state index is 6.14. The van der Waals surface area contributed by atoms with E-state index in [0.29, 0.717) is 5.15 Å². The van der Waals surface area contributed by atoms with Crippen LogP contribution in [0.25, 0.3) is 10.9 Å². The first-order chi connectivity index (χ1) is 7.61. The number of nitrogens with one attached hydrogen (secondary N) is 1. The van der Waals surface area contributed by atoms with Crippen molar-refractivity contribution >= 4 is 22.5 Å². The average molecular weight is 236 g/mol. The molecule has 2 rings (SSSR count). The van der Waals surface area contributed by atoms with E-state index in [-0.39, 0.29) is 6.04 Å². The van der Waals surface area contributed by atoms with Crippen LogP contribution in [0.2, 0.25) is 5.15 Å². The van der Waals surface area contributed by atoms with Crippen molar-refractivity contribution in [1.29, 1.82) is 0 Å². The Morgan fingerprint density at radius 2 is 2.06 bits per heavy atom. The molecule has 0 bridgehead atoms. The number of halogens is 1. The summed E-state index contributed by atoms with van der Waals surface area (Å²) in [5.74, 6) is 0.727. The minimum atomic E-state index is 0.0995. The van der Waals surface area contributed by atoms with E-state index in [1.165, 1.54) is 5.56 Å². The van der Waals surface area contributed by atoms with Gasteiger partial charge in [0.2, 0.25) is 0 Å². The Hall–Kier alpha value is -1.19. The molecule has 1 aromatic carbocycles. The second-order valence-corrected chi connectivity index (χ2v) is 4.26. The van der Waals surface area contributed by atoms with Gasteiger partial charge >= 0.3 is 0 Å². The maximum Gasteiger partial charge on any atom is 0.147 e. The van der Waals surface area contributed by atoms with Gasteiger partial charge in [0.15, 0.2) is 0 Å². The molecule has 0 saturated carbocycles. The van der Waals surface area contributed by atoms with Crippen molar-refractivity contribution in [1.82, 2.24) is 15.3 Å².